The Morgan fingerprint density at radius 1 is 1.37 bits per heavy atom. The molecule has 1 heterocycles. The molecule has 1 amide bonds. The van der Waals surface area contributed by atoms with E-state index >= 15 is 0 Å². The van der Waals surface area contributed by atoms with Crippen molar-refractivity contribution in [3.05, 3.63) is 41.6 Å². The summed E-state index contributed by atoms with van der Waals surface area (Å²) < 4.78 is 7.10. The molecule has 0 aliphatic heterocycles. The number of aromatic nitrogens is 2. The van der Waals surface area contributed by atoms with Crippen molar-refractivity contribution in [2.45, 2.75) is 13.8 Å². The smallest absolute Gasteiger partial charge is 0.263 e. The van der Waals surface area contributed by atoms with Gasteiger partial charge in [-0.15, -0.1) is 0 Å². The van der Waals surface area contributed by atoms with Crippen LogP contribution in [0.5, 0.6) is 5.75 Å². The molecule has 2 rings (SSSR count). The van der Waals surface area contributed by atoms with Crippen molar-refractivity contribution in [2.24, 2.45) is 7.05 Å². The fourth-order valence-corrected chi connectivity index (χ4v) is 1.77. The number of rotatable bonds is 4. The van der Waals surface area contributed by atoms with E-state index in [0.29, 0.717) is 5.82 Å². The third-order valence-corrected chi connectivity index (χ3v) is 2.72. The van der Waals surface area contributed by atoms with Gasteiger partial charge in [0.15, 0.2) is 6.61 Å². The Hall–Kier alpha value is -2.30. The first-order valence-corrected chi connectivity index (χ1v) is 6.05. The second kappa shape index (κ2) is 5.56. The van der Waals surface area contributed by atoms with Crippen LogP contribution in [0.3, 0.4) is 0 Å². The Bertz CT molecular complexity index is 590. The lowest BCUT2D eigenvalue weighted by Gasteiger charge is -2.09. The van der Waals surface area contributed by atoms with Crippen LogP contribution in [-0.4, -0.2) is 22.3 Å². The van der Waals surface area contributed by atoms with Gasteiger partial charge in [0.25, 0.3) is 5.91 Å². The van der Waals surface area contributed by atoms with Crippen molar-refractivity contribution in [3.63, 3.8) is 0 Å². The maximum Gasteiger partial charge on any atom is 0.263 e. The summed E-state index contributed by atoms with van der Waals surface area (Å²) in [6.07, 6.45) is 0. The van der Waals surface area contributed by atoms with Gasteiger partial charge in [0.05, 0.1) is 5.69 Å². The predicted octanol–water partition coefficient (Wildman–Crippen LogP) is 2.05. The monoisotopic (exact) mass is 259 g/mol. The largest absolute Gasteiger partial charge is 0.483 e. The zero-order valence-corrected chi connectivity index (χ0v) is 11.3. The fraction of sp³-hybridized carbons (Fsp3) is 0.286. The van der Waals surface area contributed by atoms with Crippen molar-refractivity contribution >= 4 is 11.7 Å². The maximum atomic E-state index is 11.8. The third-order valence-electron chi connectivity index (χ3n) is 2.72. The molecule has 19 heavy (non-hydrogen) atoms. The standard InChI is InChI=1S/C14H17N3O2/c1-10-6-4-5-7-12(10)19-9-14(18)15-13-8-11(2)16-17(13)3/h4-8H,9H2,1-3H3,(H,15,18). The molecule has 1 N–H and O–H groups in total. The molecule has 0 atom stereocenters. The van der Waals surface area contributed by atoms with Gasteiger partial charge in [-0.2, -0.15) is 5.10 Å². The highest BCUT2D eigenvalue weighted by molar-refractivity contribution is 5.91. The van der Waals surface area contributed by atoms with Gasteiger partial charge in [0.2, 0.25) is 0 Å². The lowest BCUT2D eigenvalue weighted by molar-refractivity contribution is -0.118. The molecule has 1 aromatic carbocycles. The van der Waals surface area contributed by atoms with Gasteiger partial charge in [-0.25, -0.2) is 0 Å². The second-order valence-electron chi connectivity index (χ2n) is 4.40. The Morgan fingerprint density at radius 3 is 2.74 bits per heavy atom. The van der Waals surface area contributed by atoms with E-state index in [1.54, 1.807) is 11.7 Å². The Kier molecular flexibility index (Phi) is 3.85. The van der Waals surface area contributed by atoms with E-state index < -0.39 is 0 Å². The predicted molar refractivity (Wildman–Crippen MR) is 73.2 cm³/mol. The number of para-hydroxylation sites is 1. The van der Waals surface area contributed by atoms with Crippen LogP contribution in [0.2, 0.25) is 0 Å². The number of nitrogens with zero attached hydrogens (tertiary/aromatic N) is 2. The van der Waals surface area contributed by atoms with Crippen LogP contribution >= 0.6 is 0 Å². The summed E-state index contributed by atoms with van der Waals surface area (Å²) >= 11 is 0. The van der Waals surface area contributed by atoms with Crippen molar-refractivity contribution in [1.29, 1.82) is 0 Å². The SMILES string of the molecule is Cc1cc(NC(=O)COc2ccccc2C)n(C)n1. The first kappa shape index (κ1) is 13.1. The van der Waals surface area contributed by atoms with Crippen molar-refractivity contribution in [3.8, 4) is 5.75 Å². The maximum absolute atomic E-state index is 11.8. The summed E-state index contributed by atoms with van der Waals surface area (Å²) in [7, 11) is 1.78. The average Bonchev–Trinajstić information content (AvgIpc) is 2.67. The minimum atomic E-state index is -0.203. The quantitative estimate of drug-likeness (QED) is 0.914. The van der Waals surface area contributed by atoms with Gasteiger partial charge in [-0.3, -0.25) is 9.48 Å². The second-order valence-corrected chi connectivity index (χ2v) is 4.40. The van der Waals surface area contributed by atoms with E-state index in [2.05, 4.69) is 10.4 Å². The van der Waals surface area contributed by atoms with Crippen LogP contribution in [0.4, 0.5) is 5.82 Å². The number of ether oxygens (including phenoxy) is 1. The number of hydrogen-bond donors (Lipinski definition) is 1. The lowest BCUT2D eigenvalue weighted by atomic mass is 10.2. The van der Waals surface area contributed by atoms with Gasteiger partial charge in [-0.05, 0) is 25.5 Å². The van der Waals surface area contributed by atoms with Gasteiger partial charge < -0.3 is 10.1 Å². The fourth-order valence-electron chi connectivity index (χ4n) is 1.77. The molecule has 5 nitrogen and oxygen atoms in total. The molecular formula is C14H17N3O2. The number of anilines is 1. The van der Waals surface area contributed by atoms with E-state index in [0.717, 1.165) is 17.0 Å². The van der Waals surface area contributed by atoms with Crippen LogP contribution < -0.4 is 10.1 Å². The van der Waals surface area contributed by atoms with E-state index in [4.69, 9.17) is 4.74 Å². The number of carbonyl (C=O) groups is 1. The minimum absolute atomic E-state index is 0.0188. The van der Waals surface area contributed by atoms with Gasteiger partial charge in [0.1, 0.15) is 11.6 Å². The van der Waals surface area contributed by atoms with Crippen molar-refractivity contribution in [2.75, 3.05) is 11.9 Å². The molecule has 0 fully saturated rings. The van der Waals surface area contributed by atoms with Crippen molar-refractivity contribution < 1.29 is 9.53 Å². The number of carbonyl (C=O) groups excluding carboxylic acids is 1. The Morgan fingerprint density at radius 2 is 2.11 bits per heavy atom. The number of hydrogen-bond acceptors (Lipinski definition) is 3. The molecular weight excluding hydrogens is 242 g/mol. The Balaban J connectivity index is 1.92. The van der Waals surface area contributed by atoms with Crippen LogP contribution in [0.15, 0.2) is 30.3 Å². The van der Waals surface area contributed by atoms with E-state index in [-0.39, 0.29) is 12.5 Å². The van der Waals surface area contributed by atoms with Gasteiger partial charge in [-0.1, -0.05) is 18.2 Å². The van der Waals surface area contributed by atoms with E-state index in [9.17, 15) is 4.79 Å². The van der Waals surface area contributed by atoms with Gasteiger partial charge in [0, 0.05) is 13.1 Å². The highest BCUT2D eigenvalue weighted by Gasteiger charge is 2.08. The summed E-state index contributed by atoms with van der Waals surface area (Å²) in [5.41, 5.74) is 1.87. The zero-order chi connectivity index (χ0) is 13.8. The third kappa shape index (κ3) is 3.34. The van der Waals surface area contributed by atoms with E-state index in [1.165, 1.54) is 0 Å². The molecule has 0 spiro atoms. The van der Waals surface area contributed by atoms with Gasteiger partial charge >= 0.3 is 0 Å². The highest BCUT2D eigenvalue weighted by atomic mass is 16.5. The molecule has 0 saturated heterocycles. The summed E-state index contributed by atoms with van der Waals surface area (Å²) in [6.45, 7) is 3.80. The molecule has 1 aromatic heterocycles. The molecule has 0 saturated carbocycles. The van der Waals surface area contributed by atoms with Crippen LogP contribution in [0.25, 0.3) is 0 Å². The molecule has 0 bridgehead atoms. The zero-order valence-electron chi connectivity index (χ0n) is 11.3. The molecule has 100 valence electrons. The number of amides is 1. The summed E-state index contributed by atoms with van der Waals surface area (Å²) in [4.78, 5) is 11.8. The summed E-state index contributed by atoms with van der Waals surface area (Å²) in [5, 5.41) is 6.91. The van der Waals surface area contributed by atoms with Crippen LogP contribution in [-0.2, 0) is 11.8 Å². The molecule has 0 radical (unpaired) electrons. The molecule has 0 unspecified atom stereocenters. The molecule has 2 aromatic rings. The highest BCUT2D eigenvalue weighted by Crippen LogP contribution is 2.16. The summed E-state index contributed by atoms with van der Waals surface area (Å²) in [5.74, 6) is 1.18. The first-order valence-electron chi connectivity index (χ1n) is 6.05. The minimum Gasteiger partial charge on any atom is -0.483 e. The molecule has 0 aliphatic rings. The molecule has 5 heteroatoms. The van der Waals surface area contributed by atoms with Crippen molar-refractivity contribution in [1.82, 2.24) is 9.78 Å². The normalized spacial score (nSPS) is 10.3. The number of nitrogens with one attached hydrogen (secondary N) is 1. The summed E-state index contributed by atoms with van der Waals surface area (Å²) in [6, 6.07) is 9.41. The number of benzene rings is 1. The van der Waals surface area contributed by atoms with Crippen LogP contribution in [0.1, 0.15) is 11.3 Å². The average molecular weight is 259 g/mol. The molecule has 0 aliphatic carbocycles. The van der Waals surface area contributed by atoms with Crippen LogP contribution in [0, 0.1) is 13.8 Å². The number of aryl methyl sites for hydroxylation is 3. The van der Waals surface area contributed by atoms with E-state index in [1.807, 2.05) is 44.2 Å². The topological polar surface area (TPSA) is 56.1 Å². The first-order chi connectivity index (χ1) is 9.06. The lowest BCUT2D eigenvalue weighted by Crippen LogP contribution is -2.21. The Labute approximate surface area is 112 Å².